The zero-order chi connectivity index (χ0) is 18.8. The lowest BCUT2D eigenvalue weighted by Crippen LogP contribution is -2.45. The lowest BCUT2D eigenvalue weighted by molar-refractivity contribution is -0.0711. The maximum Gasteiger partial charge on any atom is 0.120 e. The number of rotatable bonds is 4. The third kappa shape index (κ3) is 4.88. The van der Waals surface area contributed by atoms with Crippen molar-refractivity contribution in [3.05, 3.63) is 23.3 Å². The highest BCUT2D eigenvalue weighted by Gasteiger charge is 2.25. The SMILES string of the molecule is C[C@@H]1CN(Cc2cc(O)c(CN3C[C@H](C)O[C@@H](C)C3)cc2O)C[C@H](C)O1. The standard InChI is InChI=1S/C20H32N2O4/c1-13-7-21(8-14(2)25-13)11-17-5-20(24)18(6-19(17)23)12-22-9-15(3)26-16(4)10-22/h5-6,13-16,23-24H,7-12H2,1-4H3/t13-,14-,15-,16+/m0/s1. The fourth-order valence-corrected chi connectivity index (χ4v) is 4.23. The molecule has 2 aliphatic rings. The van der Waals surface area contributed by atoms with Gasteiger partial charge in [-0.1, -0.05) is 0 Å². The van der Waals surface area contributed by atoms with Crippen molar-refractivity contribution in [2.24, 2.45) is 0 Å². The van der Waals surface area contributed by atoms with Gasteiger partial charge in [-0.25, -0.2) is 0 Å². The molecule has 2 aliphatic heterocycles. The third-order valence-corrected chi connectivity index (χ3v) is 5.06. The van der Waals surface area contributed by atoms with E-state index in [1.807, 2.05) is 0 Å². The first-order chi connectivity index (χ1) is 12.3. The summed E-state index contributed by atoms with van der Waals surface area (Å²) in [6.07, 6.45) is 0.719. The molecule has 1 aromatic rings. The minimum atomic E-state index is 0.180. The Morgan fingerprint density at radius 2 is 1.04 bits per heavy atom. The van der Waals surface area contributed by atoms with Crippen molar-refractivity contribution >= 4 is 0 Å². The van der Waals surface area contributed by atoms with Crippen molar-refractivity contribution < 1.29 is 19.7 Å². The number of phenolic OH excluding ortho intramolecular Hbond substituents is 2. The molecule has 0 bridgehead atoms. The molecule has 0 amide bonds. The van der Waals surface area contributed by atoms with Gasteiger partial charge in [-0.2, -0.15) is 0 Å². The highest BCUT2D eigenvalue weighted by Crippen LogP contribution is 2.30. The summed E-state index contributed by atoms with van der Waals surface area (Å²) in [6.45, 7) is 12.8. The van der Waals surface area contributed by atoms with Crippen LogP contribution in [0.3, 0.4) is 0 Å². The van der Waals surface area contributed by atoms with E-state index in [0.29, 0.717) is 13.1 Å². The Balaban J connectivity index is 1.68. The van der Waals surface area contributed by atoms with Gasteiger partial charge in [0.2, 0.25) is 0 Å². The maximum absolute atomic E-state index is 10.5. The molecule has 2 fully saturated rings. The molecule has 4 atom stereocenters. The summed E-state index contributed by atoms with van der Waals surface area (Å²) >= 11 is 0. The fourth-order valence-electron chi connectivity index (χ4n) is 4.23. The summed E-state index contributed by atoms with van der Waals surface area (Å²) in [5, 5.41) is 21.0. The second-order valence-corrected chi connectivity index (χ2v) is 8.01. The second kappa shape index (κ2) is 8.13. The second-order valence-electron chi connectivity index (χ2n) is 8.01. The monoisotopic (exact) mass is 364 g/mol. The van der Waals surface area contributed by atoms with E-state index in [4.69, 9.17) is 9.47 Å². The van der Waals surface area contributed by atoms with E-state index >= 15 is 0 Å². The Hall–Kier alpha value is -1.34. The van der Waals surface area contributed by atoms with Crippen LogP contribution in [0.15, 0.2) is 12.1 Å². The van der Waals surface area contributed by atoms with Crippen LogP contribution in [0.5, 0.6) is 11.5 Å². The predicted molar refractivity (Wildman–Crippen MR) is 100 cm³/mol. The number of hydrogen-bond acceptors (Lipinski definition) is 6. The molecule has 2 N–H and O–H groups in total. The minimum absolute atomic E-state index is 0.180. The van der Waals surface area contributed by atoms with E-state index < -0.39 is 0 Å². The van der Waals surface area contributed by atoms with E-state index in [2.05, 4.69) is 37.5 Å². The number of phenols is 2. The first-order valence-electron chi connectivity index (χ1n) is 9.59. The number of nitrogens with zero attached hydrogens (tertiary/aromatic N) is 2. The third-order valence-electron chi connectivity index (χ3n) is 5.06. The van der Waals surface area contributed by atoms with Crippen LogP contribution in [0.1, 0.15) is 38.8 Å². The lowest BCUT2D eigenvalue weighted by Gasteiger charge is -2.36. The quantitative estimate of drug-likeness (QED) is 0.800. The fraction of sp³-hybridized carbons (Fsp3) is 0.700. The van der Waals surface area contributed by atoms with Crippen molar-refractivity contribution in [2.45, 2.75) is 65.2 Å². The molecule has 0 saturated carbocycles. The van der Waals surface area contributed by atoms with E-state index in [9.17, 15) is 10.2 Å². The van der Waals surface area contributed by atoms with Gasteiger partial charge in [-0.05, 0) is 39.8 Å². The van der Waals surface area contributed by atoms with E-state index in [1.165, 1.54) is 0 Å². The normalized spacial score (nSPS) is 31.2. The molecule has 0 radical (unpaired) electrons. The smallest absolute Gasteiger partial charge is 0.120 e. The molecular weight excluding hydrogens is 332 g/mol. The number of morpholine rings is 2. The van der Waals surface area contributed by atoms with Gasteiger partial charge in [0, 0.05) is 50.4 Å². The Morgan fingerprint density at radius 3 is 1.35 bits per heavy atom. The molecule has 2 saturated heterocycles. The largest absolute Gasteiger partial charge is 0.508 e. The average molecular weight is 364 g/mol. The van der Waals surface area contributed by atoms with Gasteiger partial charge in [0.25, 0.3) is 0 Å². The van der Waals surface area contributed by atoms with Crippen molar-refractivity contribution in [2.75, 3.05) is 26.2 Å². The number of ether oxygens (including phenoxy) is 2. The molecule has 2 heterocycles. The Kier molecular flexibility index (Phi) is 6.07. The van der Waals surface area contributed by atoms with Gasteiger partial charge in [0.05, 0.1) is 24.4 Å². The van der Waals surface area contributed by atoms with Crippen molar-refractivity contribution in [3.63, 3.8) is 0 Å². The summed E-state index contributed by atoms with van der Waals surface area (Å²) in [6, 6.07) is 3.42. The van der Waals surface area contributed by atoms with Gasteiger partial charge in [-0.15, -0.1) is 0 Å². The zero-order valence-electron chi connectivity index (χ0n) is 16.3. The molecule has 0 spiro atoms. The summed E-state index contributed by atoms with van der Waals surface area (Å²) in [5.74, 6) is 0.498. The lowest BCUT2D eigenvalue weighted by atomic mass is 10.1. The Morgan fingerprint density at radius 1 is 0.731 bits per heavy atom. The number of aromatic hydroxyl groups is 2. The van der Waals surface area contributed by atoms with Crippen LogP contribution < -0.4 is 0 Å². The van der Waals surface area contributed by atoms with Crippen LogP contribution >= 0.6 is 0 Å². The molecule has 26 heavy (non-hydrogen) atoms. The molecule has 6 nitrogen and oxygen atoms in total. The summed E-state index contributed by atoms with van der Waals surface area (Å²) in [5.41, 5.74) is 1.52. The maximum atomic E-state index is 10.5. The van der Waals surface area contributed by atoms with Crippen molar-refractivity contribution in [1.82, 2.24) is 9.80 Å². The van der Waals surface area contributed by atoms with Gasteiger partial charge >= 0.3 is 0 Å². The summed E-state index contributed by atoms with van der Waals surface area (Å²) < 4.78 is 11.5. The van der Waals surface area contributed by atoms with Crippen LogP contribution in [0.2, 0.25) is 0 Å². The first-order valence-corrected chi connectivity index (χ1v) is 9.59. The summed E-state index contributed by atoms with van der Waals surface area (Å²) in [4.78, 5) is 4.52. The van der Waals surface area contributed by atoms with E-state index in [-0.39, 0.29) is 35.9 Å². The number of hydrogen-bond donors (Lipinski definition) is 2. The molecular formula is C20H32N2O4. The first kappa shape index (κ1) is 19.4. The van der Waals surface area contributed by atoms with Crippen LogP contribution in [0.25, 0.3) is 0 Å². The average Bonchev–Trinajstić information content (AvgIpc) is 2.50. The van der Waals surface area contributed by atoms with E-state index in [1.54, 1.807) is 12.1 Å². The molecule has 3 rings (SSSR count). The molecule has 0 aromatic heterocycles. The van der Waals surface area contributed by atoms with Gasteiger partial charge in [0.1, 0.15) is 11.5 Å². The highest BCUT2D eigenvalue weighted by molar-refractivity contribution is 5.45. The molecule has 6 heteroatoms. The van der Waals surface area contributed by atoms with Crippen LogP contribution in [-0.2, 0) is 22.6 Å². The number of benzene rings is 1. The summed E-state index contributed by atoms with van der Waals surface area (Å²) in [7, 11) is 0. The van der Waals surface area contributed by atoms with Gasteiger partial charge in [-0.3, -0.25) is 9.80 Å². The Labute approximate surface area is 156 Å². The van der Waals surface area contributed by atoms with Crippen LogP contribution in [0.4, 0.5) is 0 Å². The van der Waals surface area contributed by atoms with E-state index in [0.717, 1.165) is 37.3 Å². The molecule has 0 aliphatic carbocycles. The van der Waals surface area contributed by atoms with Crippen LogP contribution in [-0.4, -0.2) is 70.6 Å². The molecule has 146 valence electrons. The van der Waals surface area contributed by atoms with Crippen LogP contribution in [0, 0.1) is 0 Å². The Bertz CT molecular complexity index is 550. The van der Waals surface area contributed by atoms with Gasteiger partial charge in [0.15, 0.2) is 0 Å². The minimum Gasteiger partial charge on any atom is -0.508 e. The van der Waals surface area contributed by atoms with Gasteiger partial charge < -0.3 is 19.7 Å². The predicted octanol–water partition coefficient (Wildman–Crippen LogP) is 2.32. The molecule has 0 unspecified atom stereocenters. The highest BCUT2D eigenvalue weighted by atomic mass is 16.5. The van der Waals surface area contributed by atoms with Crippen molar-refractivity contribution in [1.29, 1.82) is 0 Å². The zero-order valence-corrected chi connectivity index (χ0v) is 16.3. The topological polar surface area (TPSA) is 65.4 Å². The molecule has 1 aromatic carbocycles. The van der Waals surface area contributed by atoms with Crippen molar-refractivity contribution in [3.8, 4) is 11.5 Å².